The van der Waals surface area contributed by atoms with Gasteiger partial charge < -0.3 is 10.6 Å². The molecule has 0 radical (unpaired) electrons. The molecule has 1 amide bonds. The first-order valence-electron chi connectivity index (χ1n) is 6.61. The van der Waals surface area contributed by atoms with Crippen LogP contribution in [0.3, 0.4) is 0 Å². The van der Waals surface area contributed by atoms with Gasteiger partial charge in [-0.1, -0.05) is 12.1 Å². The van der Waals surface area contributed by atoms with Crippen LogP contribution in [0.1, 0.15) is 24.0 Å². The standard InChI is InChI=1S/C14H17F3N2O.ClH/c15-14(16,17)12-3-1-2-10(8-12)9-19-13(20)11-4-6-18-7-5-11;/h1-3,8,11,18H,4-7,9H2,(H,19,20);1H. The monoisotopic (exact) mass is 322 g/mol. The summed E-state index contributed by atoms with van der Waals surface area (Å²) >= 11 is 0. The summed E-state index contributed by atoms with van der Waals surface area (Å²) < 4.78 is 37.7. The van der Waals surface area contributed by atoms with E-state index in [-0.39, 0.29) is 30.8 Å². The Labute approximate surface area is 127 Å². The summed E-state index contributed by atoms with van der Waals surface area (Å²) in [5.41, 5.74) is -0.228. The average Bonchev–Trinajstić information content (AvgIpc) is 2.45. The highest BCUT2D eigenvalue weighted by molar-refractivity contribution is 5.85. The third kappa shape index (κ3) is 5.21. The Hall–Kier alpha value is -1.27. The minimum atomic E-state index is -4.35. The van der Waals surface area contributed by atoms with Crippen LogP contribution in [-0.4, -0.2) is 19.0 Å². The molecular weight excluding hydrogens is 305 g/mol. The van der Waals surface area contributed by atoms with E-state index in [1.807, 2.05) is 0 Å². The molecule has 1 aliphatic rings. The molecule has 1 fully saturated rings. The summed E-state index contributed by atoms with van der Waals surface area (Å²) in [5, 5.41) is 5.88. The Morgan fingerprint density at radius 3 is 2.57 bits per heavy atom. The highest BCUT2D eigenvalue weighted by atomic mass is 35.5. The number of alkyl halides is 3. The number of nitrogens with one attached hydrogen (secondary N) is 2. The molecule has 21 heavy (non-hydrogen) atoms. The number of amides is 1. The minimum Gasteiger partial charge on any atom is -0.352 e. The van der Waals surface area contributed by atoms with Crippen LogP contribution >= 0.6 is 12.4 Å². The lowest BCUT2D eigenvalue weighted by Crippen LogP contribution is -2.37. The number of piperidine rings is 1. The molecule has 0 spiro atoms. The van der Waals surface area contributed by atoms with Gasteiger partial charge in [0, 0.05) is 12.5 Å². The van der Waals surface area contributed by atoms with Crippen molar-refractivity contribution < 1.29 is 18.0 Å². The number of hydrogen-bond acceptors (Lipinski definition) is 2. The fourth-order valence-corrected chi connectivity index (χ4v) is 2.28. The SMILES string of the molecule is Cl.O=C(NCc1cccc(C(F)(F)F)c1)C1CCNCC1. The molecule has 0 aromatic heterocycles. The lowest BCUT2D eigenvalue weighted by atomic mass is 9.97. The van der Waals surface area contributed by atoms with Gasteiger partial charge in [0.05, 0.1) is 5.56 Å². The predicted molar refractivity (Wildman–Crippen MR) is 76.1 cm³/mol. The van der Waals surface area contributed by atoms with Crippen molar-refractivity contribution in [3.8, 4) is 0 Å². The van der Waals surface area contributed by atoms with E-state index in [1.54, 1.807) is 6.07 Å². The molecule has 3 nitrogen and oxygen atoms in total. The van der Waals surface area contributed by atoms with Crippen LogP contribution in [-0.2, 0) is 17.5 Å². The van der Waals surface area contributed by atoms with E-state index >= 15 is 0 Å². The molecule has 0 atom stereocenters. The van der Waals surface area contributed by atoms with Crippen LogP contribution in [0.15, 0.2) is 24.3 Å². The van der Waals surface area contributed by atoms with Gasteiger partial charge in [-0.05, 0) is 43.6 Å². The smallest absolute Gasteiger partial charge is 0.352 e. The first kappa shape index (κ1) is 17.8. The summed E-state index contributed by atoms with van der Waals surface area (Å²) in [6.45, 7) is 1.75. The van der Waals surface area contributed by atoms with Crippen LogP contribution in [0, 0.1) is 5.92 Å². The lowest BCUT2D eigenvalue weighted by Gasteiger charge is -2.21. The largest absolute Gasteiger partial charge is 0.416 e. The van der Waals surface area contributed by atoms with Crippen LogP contribution in [0.4, 0.5) is 13.2 Å². The van der Waals surface area contributed by atoms with Crippen molar-refractivity contribution in [2.45, 2.75) is 25.6 Å². The van der Waals surface area contributed by atoms with Gasteiger partial charge in [0.1, 0.15) is 0 Å². The van der Waals surface area contributed by atoms with Crippen LogP contribution < -0.4 is 10.6 Å². The first-order valence-corrected chi connectivity index (χ1v) is 6.61. The summed E-state index contributed by atoms with van der Waals surface area (Å²) in [6.07, 6.45) is -2.81. The number of rotatable bonds is 3. The van der Waals surface area contributed by atoms with Gasteiger partial charge in [-0.2, -0.15) is 13.2 Å². The third-order valence-electron chi connectivity index (χ3n) is 3.43. The van der Waals surface area contributed by atoms with Crippen molar-refractivity contribution in [1.29, 1.82) is 0 Å². The van der Waals surface area contributed by atoms with E-state index < -0.39 is 11.7 Å². The second-order valence-electron chi connectivity index (χ2n) is 4.94. The molecule has 0 saturated carbocycles. The van der Waals surface area contributed by atoms with Crippen molar-refractivity contribution in [3.63, 3.8) is 0 Å². The van der Waals surface area contributed by atoms with Crippen molar-refractivity contribution in [2.75, 3.05) is 13.1 Å². The Kier molecular flexibility index (Phi) is 6.48. The molecule has 0 unspecified atom stereocenters. The van der Waals surface area contributed by atoms with E-state index in [4.69, 9.17) is 0 Å². The Morgan fingerprint density at radius 2 is 1.95 bits per heavy atom. The van der Waals surface area contributed by atoms with Crippen molar-refractivity contribution in [1.82, 2.24) is 10.6 Å². The maximum absolute atomic E-state index is 12.6. The van der Waals surface area contributed by atoms with Crippen LogP contribution in [0.5, 0.6) is 0 Å². The highest BCUT2D eigenvalue weighted by Crippen LogP contribution is 2.29. The number of benzene rings is 1. The first-order chi connectivity index (χ1) is 9.47. The molecular formula is C14H18ClF3N2O. The molecule has 118 valence electrons. The van der Waals surface area contributed by atoms with Crippen LogP contribution in [0.2, 0.25) is 0 Å². The van der Waals surface area contributed by atoms with Gasteiger partial charge >= 0.3 is 6.18 Å². The molecule has 7 heteroatoms. The lowest BCUT2D eigenvalue weighted by molar-refractivity contribution is -0.137. The van der Waals surface area contributed by atoms with Crippen LogP contribution in [0.25, 0.3) is 0 Å². The molecule has 1 heterocycles. The maximum atomic E-state index is 12.6. The van der Waals surface area contributed by atoms with Crippen molar-refractivity contribution in [3.05, 3.63) is 35.4 Å². The highest BCUT2D eigenvalue weighted by Gasteiger charge is 2.30. The Bertz CT molecular complexity index is 474. The maximum Gasteiger partial charge on any atom is 0.416 e. The zero-order chi connectivity index (χ0) is 14.6. The van der Waals surface area contributed by atoms with Crippen molar-refractivity contribution in [2.24, 2.45) is 5.92 Å². The number of carbonyl (C=O) groups is 1. The second-order valence-corrected chi connectivity index (χ2v) is 4.94. The van der Waals surface area contributed by atoms with Gasteiger partial charge in [0.15, 0.2) is 0 Å². The van der Waals surface area contributed by atoms with Gasteiger partial charge in [-0.25, -0.2) is 0 Å². The normalized spacial score (nSPS) is 16.1. The Balaban J connectivity index is 0.00000220. The zero-order valence-corrected chi connectivity index (χ0v) is 12.2. The van der Waals surface area contributed by atoms with E-state index in [9.17, 15) is 18.0 Å². The molecule has 0 aliphatic carbocycles. The van der Waals surface area contributed by atoms with Gasteiger partial charge in [0.25, 0.3) is 0 Å². The number of hydrogen-bond donors (Lipinski definition) is 2. The predicted octanol–water partition coefficient (Wildman–Crippen LogP) is 2.74. The summed E-state index contributed by atoms with van der Waals surface area (Å²) in [4.78, 5) is 11.9. The number of halogens is 4. The fourth-order valence-electron chi connectivity index (χ4n) is 2.28. The molecule has 2 rings (SSSR count). The zero-order valence-electron chi connectivity index (χ0n) is 11.4. The minimum absolute atomic E-state index is 0. The molecule has 1 aromatic carbocycles. The second kappa shape index (κ2) is 7.66. The van der Waals surface area contributed by atoms with E-state index in [0.717, 1.165) is 38.1 Å². The van der Waals surface area contributed by atoms with E-state index in [1.165, 1.54) is 6.07 Å². The van der Waals surface area contributed by atoms with E-state index in [2.05, 4.69) is 10.6 Å². The topological polar surface area (TPSA) is 41.1 Å². The summed E-state index contributed by atoms with van der Waals surface area (Å²) in [6, 6.07) is 5.04. The summed E-state index contributed by atoms with van der Waals surface area (Å²) in [7, 11) is 0. The van der Waals surface area contributed by atoms with E-state index in [0.29, 0.717) is 5.56 Å². The van der Waals surface area contributed by atoms with Gasteiger partial charge in [-0.15, -0.1) is 12.4 Å². The summed E-state index contributed by atoms with van der Waals surface area (Å²) in [5.74, 6) is -0.119. The number of carbonyl (C=O) groups excluding carboxylic acids is 1. The van der Waals surface area contributed by atoms with Gasteiger partial charge in [-0.3, -0.25) is 4.79 Å². The third-order valence-corrected chi connectivity index (χ3v) is 3.43. The molecule has 1 aromatic rings. The molecule has 0 bridgehead atoms. The fraction of sp³-hybridized carbons (Fsp3) is 0.500. The molecule has 1 aliphatic heterocycles. The quantitative estimate of drug-likeness (QED) is 0.898. The van der Waals surface area contributed by atoms with Crippen molar-refractivity contribution >= 4 is 18.3 Å². The molecule has 2 N–H and O–H groups in total. The molecule has 1 saturated heterocycles. The Morgan fingerprint density at radius 1 is 1.29 bits per heavy atom. The average molecular weight is 323 g/mol. The van der Waals surface area contributed by atoms with Gasteiger partial charge in [0.2, 0.25) is 5.91 Å².